The predicted molar refractivity (Wildman–Crippen MR) is 134 cm³/mol. The lowest BCUT2D eigenvalue weighted by Crippen LogP contribution is -2.06. The molecule has 0 amide bonds. The molecule has 0 aromatic heterocycles. The highest BCUT2D eigenvalue weighted by Crippen LogP contribution is 2.44. The number of nitriles is 1. The fraction of sp³-hybridized carbons (Fsp3) is 0.192. The minimum Gasteiger partial charge on any atom is -0.493 e. The van der Waals surface area contributed by atoms with E-state index >= 15 is 0 Å². The minimum atomic E-state index is -4.78. The van der Waals surface area contributed by atoms with E-state index in [-0.39, 0.29) is 28.7 Å². The van der Waals surface area contributed by atoms with Crippen molar-refractivity contribution < 1.29 is 37.0 Å². The van der Waals surface area contributed by atoms with Crippen LogP contribution in [0.25, 0.3) is 11.6 Å². The van der Waals surface area contributed by atoms with Gasteiger partial charge in [-0.15, -0.1) is 0 Å². The van der Waals surface area contributed by atoms with Gasteiger partial charge in [0.15, 0.2) is 23.0 Å². The van der Waals surface area contributed by atoms with Crippen LogP contribution in [-0.2, 0) is 6.18 Å². The molecule has 0 spiro atoms. The minimum absolute atomic E-state index is 0.0546. The smallest absolute Gasteiger partial charge is 0.416 e. The zero-order chi connectivity index (χ0) is 28.0. The lowest BCUT2D eigenvalue weighted by atomic mass is 10.0. The highest BCUT2D eigenvalue weighted by atomic mass is 35.5. The summed E-state index contributed by atoms with van der Waals surface area (Å²) in [5, 5.41) is 21.2. The number of nitrogens with zero attached hydrogens (tertiary/aromatic N) is 2. The Morgan fingerprint density at radius 1 is 1.05 bits per heavy atom. The molecular weight excluding hydrogens is 529 g/mol. The maximum atomic E-state index is 13.1. The Hall–Kier alpha value is -4.43. The molecule has 0 heterocycles. The van der Waals surface area contributed by atoms with Crippen molar-refractivity contribution in [2.45, 2.75) is 13.1 Å². The van der Waals surface area contributed by atoms with E-state index in [1.807, 2.05) is 0 Å². The van der Waals surface area contributed by atoms with Crippen molar-refractivity contribution in [1.82, 2.24) is 0 Å². The second kappa shape index (κ2) is 11.7. The third kappa shape index (κ3) is 6.27. The molecule has 0 aliphatic rings. The molecule has 12 heteroatoms. The number of benzene rings is 3. The van der Waals surface area contributed by atoms with Gasteiger partial charge >= 0.3 is 11.9 Å². The van der Waals surface area contributed by atoms with Crippen LogP contribution in [-0.4, -0.2) is 25.7 Å². The molecule has 0 saturated carbocycles. The lowest BCUT2D eigenvalue weighted by Gasteiger charge is -2.15. The van der Waals surface area contributed by atoms with Gasteiger partial charge in [0, 0.05) is 6.07 Å². The Balaban J connectivity index is 2.07. The SMILES string of the molecule is CCOc1cc(/C=C(\C#N)c2ccc(OC)c(OC)c2)cc(Cl)c1Oc1ccc(C(F)(F)F)cc1[N+](=O)[O-]. The normalized spacial score (nSPS) is 11.5. The Bertz CT molecular complexity index is 1430. The van der Waals surface area contributed by atoms with Crippen molar-refractivity contribution in [3.05, 3.63) is 80.4 Å². The summed E-state index contributed by atoms with van der Waals surface area (Å²) < 4.78 is 60.8. The molecule has 0 fully saturated rings. The van der Waals surface area contributed by atoms with Crippen molar-refractivity contribution in [2.24, 2.45) is 0 Å². The first-order valence-corrected chi connectivity index (χ1v) is 11.2. The van der Waals surface area contributed by atoms with Crippen LogP contribution in [0.5, 0.6) is 28.7 Å². The Morgan fingerprint density at radius 3 is 2.32 bits per heavy atom. The highest BCUT2D eigenvalue weighted by molar-refractivity contribution is 6.32. The summed E-state index contributed by atoms with van der Waals surface area (Å²) in [6, 6.07) is 11.8. The summed E-state index contributed by atoms with van der Waals surface area (Å²) in [5.41, 5.74) is -0.898. The Morgan fingerprint density at radius 2 is 1.74 bits per heavy atom. The van der Waals surface area contributed by atoms with E-state index in [1.54, 1.807) is 25.1 Å². The third-order valence-electron chi connectivity index (χ3n) is 5.15. The fourth-order valence-electron chi connectivity index (χ4n) is 3.42. The average Bonchev–Trinajstić information content (AvgIpc) is 2.88. The summed E-state index contributed by atoms with van der Waals surface area (Å²) in [4.78, 5) is 10.5. The first-order valence-electron chi connectivity index (χ1n) is 10.9. The molecule has 0 bridgehead atoms. The number of ether oxygens (including phenoxy) is 4. The Kier molecular flexibility index (Phi) is 8.70. The van der Waals surface area contributed by atoms with Gasteiger partial charge in [-0.05, 0) is 66.6 Å². The number of hydrogen-bond donors (Lipinski definition) is 0. The van der Waals surface area contributed by atoms with Gasteiger partial charge in [0.05, 0.1) is 48.0 Å². The average molecular weight is 549 g/mol. The molecule has 38 heavy (non-hydrogen) atoms. The number of nitro benzene ring substituents is 1. The summed E-state index contributed by atoms with van der Waals surface area (Å²) in [7, 11) is 2.95. The molecule has 0 saturated heterocycles. The molecule has 0 radical (unpaired) electrons. The van der Waals surface area contributed by atoms with Gasteiger partial charge in [0.25, 0.3) is 0 Å². The molecule has 198 valence electrons. The number of rotatable bonds is 9. The summed E-state index contributed by atoms with van der Waals surface area (Å²) in [6.45, 7) is 1.82. The van der Waals surface area contributed by atoms with E-state index < -0.39 is 28.1 Å². The zero-order valence-corrected chi connectivity index (χ0v) is 21.0. The van der Waals surface area contributed by atoms with Crippen LogP contribution < -0.4 is 18.9 Å². The van der Waals surface area contributed by atoms with E-state index in [9.17, 15) is 28.5 Å². The zero-order valence-electron chi connectivity index (χ0n) is 20.3. The number of alkyl halides is 3. The quantitative estimate of drug-likeness (QED) is 0.118. The highest BCUT2D eigenvalue weighted by Gasteiger charge is 2.33. The van der Waals surface area contributed by atoms with Crippen molar-refractivity contribution >= 4 is 28.9 Å². The first-order chi connectivity index (χ1) is 18.0. The number of hydrogen-bond acceptors (Lipinski definition) is 7. The van der Waals surface area contributed by atoms with Gasteiger partial charge in [0.2, 0.25) is 5.75 Å². The maximum Gasteiger partial charge on any atom is 0.416 e. The predicted octanol–water partition coefficient (Wildman–Crippen LogP) is 7.54. The van der Waals surface area contributed by atoms with Crippen LogP contribution in [0.4, 0.5) is 18.9 Å². The third-order valence-corrected chi connectivity index (χ3v) is 5.43. The molecule has 3 aromatic rings. The van der Waals surface area contributed by atoms with Gasteiger partial charge in [-0.3, -0.25) is 10.1 Å². The molecule has 0 aliphatic heterocycles. The first kappa shape index (κ1) is 28.1. The van der Waals surface area contributed by atoms with Crippen molar-refractivity contribution in [3.63, 3.8) is 0 Å². The number of methoxy groups -OCH3 is 2. The summed E-state index contributed by atoms with van der Waals surface area (Å²) >= 11 is 6.41. The van der Waals surface area contributed by atoms with E-state index in [0.717, 1.165) is 6.07 Å². The van der Waals surface area contributed by atoms with E-state index in [1.165, 1.54) is 32.4 Å². The number of allylic oxidation sites excluding steroid dienone is 1. The van der Waals surface area contributed by atoms with Crippen LogP contribution in [0.1, 0.15) is 23.6 Å². The lowest BCUT2D eigenvalue weighted by molar-refractivity contribution is -0.385. The summed E-state index contributed by atoms with van der Waals surface area (Å²) in [5.74, 6) is 0.357. The monoisotopic (exact) mass is 548 g/mol. The van der Waals surface area contributed by atoms with Crippen molar-refractivity contribution in [3.8, 4) is 34.8 Å². The van der Waals surface area contributed by atoms with Crippen molar-refractivity contribution in [2.75, 3.05) is 20.8 Å². The standard InChI is InChI=1S/C26H20ClF3N2O6/c1-4-37-24-11-15(9-17(14-31)16-5-7-22(35-2)23(12-16)36-3)10-19(27)25(24)38-21-8-6-18(26(28,29)30)13-20(21)32(33)34/h5-13H,4H2,1-3H3/b17-9+. The second-order valence-electron chi connectivity index (χ2n) is 7.54. The van der Waals surface area contributed by atoms with Gasteiger partial charge in [-0.2, -0.15) is 18.4 Å². The van der Waals surface area contributed by atoms with Gasteiger partial charge in [-0.25, -0.2) is 0 Å². The van der Waals surface area contributed by atoms with Crippen LogP contribution in [0.15, 0.2) is 48.5 Å². The van der Waals surface area contributed by atoms with Crippen LogP contribution in [0.2, 0.25) is 5.02 Å². The topological polar surface area (TPSA) is 104 Å². The molecule has 0 atom stereocenters. The molecule has 0 N–H and O–H groups in total. The largest absolute Gasteiger partial charge is 0.493 e. The molecule has 0 unspecified atom stereocenters. The molecule has 8 nitrogen and oxygen atoms in total. The van der Waals surface area contributed by atoms with Gasteiger partial charge < -0.3 is 18.9 Å². The number of nitro groups is 1. The number of halogens is 4. The molecule has 3 rings (SSSR count). The van der Waals surface area contributed by atoms with Crippen LogP contribution >= 0.6 is 11.6 Å². The van der Waals surface area contributed by atoms with E-state index in [4.69, 9.17) is 30.5 Å². The van der Waals surface area contributed by atoms with Gasteiger partial charge in [-0.1, -0.05) is 11.6 Å². The van der Waals surface area contributed by atoms with Crippen LogP contribution in [0.3, 0.4) is 0 Å². The van der Waals surface area contributed by atoms with E-state index in [0.29, 0.717) is 34.8 Å². The molecule has 0 aliphatic carbocycles. The van der Waals surface area contributed by atoms with Crippen LogP contribution in [0, 0.1) is 21.4 Å². The fourth-order valence-corrected chi connectivity index (χ4v) is 3.67. The molecular formula is C26H20ClF3N2O6. The maximum absolute atomic E-state index is 13.1. The Labute approximate surface area is 220 Å². The van der Waals surface area contributed by atoms with E-state index in [2.05, 4.69) is 6.07 Å². The van der Waals surface area contributed by atoms with Crippen molar-refractivity contribution in [1.29, 1.82) is 5.26 Å². The molecule has 3 aromatic carbocycles. The second-order valence-corrected chi connectivity index (χ2v) is 7.95. The summed E-state index contributed by atoms with van der Waals surface area (Å²) in [6.07, 6.45) is -3.25. The van der Waals surface area contributed by atoms with Gasteiger partial charge in [0.1, 0.15) is 0 Å².